The number of rotatable bonds is 2. The second-order valence-electron chi connectivity index (χ2n) is 9.63. The summed E-state index contributed by atoms with van der Waals surface area (Å²) in [5.41, 5.74) is 7.48. The van der Waals surface area contributed by atoms with Gasteiger partial charge in [-0.25, -0.2) is 4.57 Å². The van der Waals surface area contributed by atoms with Gasteiger partial charge in [0.25, 0.3) is 0 Å². The van der Waals surface area contributed by atoms with Gasteiger partial charge in [0, 0.05) is 28.5 Å². The van der Waals surface area contributed by atoms with Crippen molar-refractivity contribution in [1.82, 2.24) is 0 Å². The average molecular weight is 476 g/mol. The van der Waals surface area contributed by atoms with E-state index in [0.717, 1.165) is 60.7 Å². The van der Waals surface area contributed by atoms with Gasteiger partial charge in [-0.15, -0.1) is 0 Å². The van der Waals surface area contributed by atoms with Crippen LogP contribution in [0.4, 0.5) is 0 Å². The Morgan fingerprint density at radius 2 is 1.46 bits per heavy atom. The molecule has 0 aliphatic carbocycles. The van der Waals surface area contributed by atoms with Crippen molar-refractivity contribution in [3.05, 3.63) is 114 Å². The molecule has 0 saturated carbocycles. The first kappa shape index (κ1) is 21.4. The van der Waals surface area contributed by atoms with Crippen LogP contribution in [0.3, 0.4) is 0 Å². The molecular formula is C34H23N2O+. The Morgan fingerprint density at radius 3 is 2.27 bits per heavy atom. The number of furan rings is 1. The van der Waals surface area contributed by atoms with E-state index in [1.54, 1.807) is 0 Å². The van der Waals surface area contributed by atoms with E-state index >= 15 is 0 Å². The van der Waals surface area contributed by atoms with Gasteiger partial charge in [-0.3, -0.25) is 0 Å². The maximum absolute atomic E-state index is 10.2. The van der Waals surface area contributed by atoms with Crippen molar-refractivity contribution in [2.45, 2.75) is 6.92 Å². The summed E-state index contributed by atoms with van der Waals surface area (Å²) in [5, 5.41) is 17.0. The molecule has 174 valence electrons. The number of pyridine rings is 1. The molecule has 7 aromatic rings. The van der Waals surface area contributed by atoms with Crippen LogP contribution in [0, 0.1) is 18.3 Å². The van der Waals surface area contributed by atoms with Crippen LogP contribution in [0.15, 0.2) is 108 Å². The second kappa shape index (κ2) is 8.05. The topological polar surface area (TPSA) is 40.8 Å². The number of aryl methyl sites for hydroxylation is 2. The number of aromatic nitrogens is 1. The summed E-state index contributed by atoms with van der Waals surface area (Å²) in [6.45, 7) is 2.11. The first-order chi connectivity index (χ1) is 18.1. The standard InChI is InChI=1S/C34H23N2O/c1-21-14-15-27-30-19-28(29-17-22-9-3-4-10-24(22)25-11-5-6-12-26(25)29)23(20-35)18-32(30)37-34(27)33(21)31-13-7-8-16-36(31)2/h3-19H,1-2H3/q+1. The first-order valence-electron chi connectivity index (χ1n) is 12.4. The molecule has 0 amide bonds. The number of benzene rings is 5. The molecule has 3 nitrogen and oxygen atoms in total. The highest BCUT2D eigenvalue weighted by Crippen LogP contribution is 2.42. The highest BCUT2D eigenvalue weighted by Gasteiger charge is 2.22. The van der Waals surface area contributed by atoms with Crippen molar-refractivity contribution in [2.24, 2.45) is 7.05 Å². The molecule has 0 aliphatic rings. The summed E-state index contributed by atoms with van der Waals surface area (Å²) in [5.74, 6) is 0. The van der Waals surface area contributed by atoms with Crippen LogP contribution < -0.4 is 4.57 Å². The quantitative estimate of drug-likeness (QED) is 0.187. The Bertz CT molecular complexity index is 2070. The normalized spacial score (nSPS) is 11.5. The predicted molar refractivity (Wildman–Crippen MR) is 150 cm³/mol. The third-order valence-corrected chi connectivity index (χ3v) is 7.48. The van der Waals surface area contributed by atoms with E-state index in [1.807, 2.05) is 31.4 Å². The summed E-state index contributed by atoms with van der Waals surface area (Å²) in [6.07, 6.45) is 2.05. The fourth-order valence-electron chi connectivity index (χ4n) is 5.68. The highest BCUT2D eigenvalue weighted by molar-refractivity contribution is 6.16. The zero-order valence-electron chi connectivity index (χ0n) is 20.6. The van der Waals surface area contributed by atoms with Crippen molar-refractivity contribution in [1.29, 1.82) is 5.26 Å². The molecule has 37 heavy (non-hydrogen) atoms. The number of nitriles is 1. The van der Waals surface area contributed by atoms with Crippen LogP contribution in [0.25, 0.3) is 65.9 Å². The molecule has 2 aromatic heterocycles. The van der Waals surface area contributed by atoms with Crippen molar-refractivity contribution < 1.29 is 8.98 Å². The van der Waals surface area contributed by atoms with Gasteiger partial charge in [0.15, 0.2) is 6.20 Å². The van der Waals surface area contributed by atoms with E-state index in [0.29, 0.717) is 5.56 Å². The van der Waals surface area contributed by atoms with Crippen molar-refractivity contribution in [2.75, 3.05) is 0 Å². The van der Waals surface area contributed by atoms with Crippen LogP contribution in [0.2, 0.25) is 0 Å². The van der Waals surface area contributed by atoms with Gasteiger partial charge in [-0.05, 0) is 63.9 Å². The molecule has 5 aromatic carbocycles. The van der Waals surface area contributed by atoms with Gasteiger partial charge in [0.2, 0.25) is 5.69 Å². The summed E-state index contributed by atoms with van der Waals surface area (Å²) < 4.78 is 8.61. The van der Waals surface area contributed by atoms with Gasteiger partial charge in [0.1, 0.15) is 18.2 Å². The number of nitrogens with zero attached hydrogens (tertiary/aromatic N) is 2. The SMILES string of the molecule is Cc1ccc2c(oc3cc(C#N)c(-c4cc5ccccc5c5ccccc45)cc32)c1-c1cccc[n+]1C. The van der Waals surface area contributed by atoms with Crippen LogP contribution in [-0.2, 0) is 7.05 Å². The molecule has 3 heteroatoms. The lowest BCUT2D eigenvalue weighted by atomic mass is 9.90. The van der Waals surface area contributed by atoms with Crippen LogP contribution in [0.5, 0.6) is 0 Å². The third-order valence-electron chi connectivity index (χ3n) is 7.48. The maximum atomic E-state index is 10.2. The van der Waals surface area contributed by atoms with E-state index in [2.05, 4.69) is 96.4 Å². The zero-order valence-corrected chi connectivity index (χ0v) is 20.6. The fraction of sp³-hybridized carbons (Fsp3) is 0.0588. The lowest BCUT2D eigenvalue weighted by molar-refractivity contribution is -0.660. The predicted octanol–water partition coefficient (Wildman–Crippen LogP) is 8.23. The van der Waals surface area contributed by atoms with Gasteiger partial charge in [0.05, 0.1) is 17.2 Å². The Kier molecular flexibility index (Phi) is 4.64. The lowest BCUT2D eigenvalue weighted by Gasteiger charge is -2.12. The molecule has 0 fully saturated rings. The molecule has 0 spiro atoms. The van der Waals surface area contributed by atoms with Crippen molar-refractivity contribution in [3.63, 3.8) is 0 Å². The minimum atomic E-state index is 0.607. The molecular weight excluding hydrogens is 452 g/mol. The Labute approximate surface area is 214 Å². The van der Waals surface area contributed by atoms with E-state index in [-0.39, 0.29) is 0 Å². The molecule has 0 bridgehead atoms. The molecule has 0 unspecified atom stereocenters. The highest BCUT2D eigenvalue weighted by atomic mass is 16.3. The lowest BCUT2D eigenvalue weighted by Crippen LogP contribution is -2.30. The molecule has 0 radical (unpaired) electrons. The zero-order chi connectivity index (χ0) is 25.1. The van der Waals surface area contributed by atoms with Crippen molar-refractivity contribution >= 4 is 43.5 Å². The first-order valence-corrected chi connectivity index (χ1v) is 12.4. The van der Waals surface area contributed by atoms with E-state index < -0.39 is 0 Å². The summed E-state index contributed by atoms with van der Waals surface area (Å²) in [7, 11) is 2.05. The molecule has 0 aliphatic heterocycles. The molecule has 7 rings (SSSR count). The van der Waals surface area contributed by atoms with Crippen LogP contribution in [0.1, 0.15) is 11.1 Å². The van der Waals surface area contributed by atoms with Crippen LogP contribution >= 0.6 is 0 Å². The Morgan fingerprint density at radius 1 is 0.703 bits per heavy atom. The number of hydrogen-bond acceptors (Lipinski definition) is 2. The minimum Gasteiger partial charge on any atom is -0.455 e. The summed E-state index contributed by atoms with van der Waals surface area (Å²) in [6, 6.07) is 36.1. The van der Waals surface area contributed by atoms with E-state index in [1.165, 1.54) is 10.8 Å². The Balaban J connectivity index is 1.58. The largest absolute Gasteiger partial charge is 0.455 e. The van der Waals surface area contributed by atoms with Gasteiger partial charge in [-0.2, -0.15) is 5.26 Å². The van der Waals surface area contributed by atoms with Crippen LogP contribution in [-0.4, -0.2) is 0 Å². The molecule has 2 heterocycles. The molecule has 0 N–H and O–H groups in total. The average Bonchev–Trinajstić information content (AvgIpc) is 3.29. The Hall–Kier alpha value is -4.94. The maximum Gasteiger partial charge on any atom is 0.216 e. The van der Waals surface area contributed by atoms with E-state index in [9.17, 15) is 5.26 Å². The van der Waals surface area contributed by atoms with Gasteiger partial charge < -0.3 is 4.42 Å². The monoisotopic (exact) mass is 475 g/mol. The number of hydrogen-bond donors (Lipinski definition) is 0. The smallest absolute Gasteiger partial charge is 0.216 e. The summed E-state index contributed by atoms with van der Waals surface area (Å²) >= 11 is 0. The third kappa shape index (κ3) is 3.16. The van der Waals surface area contributed by atoms with Gasteiger partial charge in [-0.1, -0.05) is 60.7 Å². The molecule has 0 atom stereocenters. The fourth-order valence-corrected chi connectivity index (χ4v) is 5.68. The molecule has 0 saturated heterocycles. The van der Waals surface area contributed by atoms with Gasteiger partial charge >= 0.3 is 0 Å². The number of fused-ring (bicyclic) bond motifs is 6. The van der Waals surface area contributed by atoms with Crippen molar-refractivity contribution in [3.8, 4) is 28.5 Å². The van der Waals surface area contributed by atoms with E-state index in [4.69, 9.17) is 4.42 Å². The summed E-state index contributed by atoms with van der Waals surface area (Å²) in [4.78, 5) is 0. The minimum absolute atomic E-state index is 0.607. The second-order valence-corrected chi connectivity index (χ2v) is 9.63.